The van der Waals surface area contributed by atoms with Crippen LogP contribution in [-0.4, -0.2) is 33.8 Å². The van der Waals surface area contributed by atoms with Crippen molar-refractivity contribution in [1.82, 2.24) is 0 Å². The fraction of sp³-hybridized carbons (Fsp3) is 0.286. The summed E-state index contributed by atoms with van der Waals surface area (Å²) in [6.45, 7) is 6.10. The van der Waals surface area contributed by atoms with E-state index in [0.717, 1.165) is 11.1 Å². The summed E-state index contributed by atoms with van der Waals surface area (Å²) in [4.78, 5) is 12.4. The third kappa shape index (κ3) is 4.76. The molecule has 1 atom stereocenters. The van der Waals surface area contributed by atoms with Crippen LogP contribution >= 0.6 is 0 Å². The Morgan fingerprint density at radius 3 is 2.32 bits per heavy atom. The van der Waals surface area contributed by atoms with Gasteiger partial charge in [0, 0.05) is 0 Å². The number of hydrogen-bond donors (Lipinski definition) is 1. The zero-order chi connectivity index (χ0) is 18.6. The molecule has 0 bridgehead atoms. The minimum atomic E-state index is -0.206. The second-order valence-electron chi connectivity index (χ2n) is 6.89. The number of rotatable bonds is 5. The van der Waals surface area contributed by atoms with Gasteiger partial charge in [0.1, 0.15) is 0 Å². The van der Waals surface area contributed by atoms with Gasteiger partial charge in [-0.1, -0.05) is 0 Å². The Bertz CT molecular complexity index is 784. The number of hydrogen-bond acceptors (Lipinski definition) is 3. The first-order valence-corrected chi connectivity index (χ1v) is 11.3. The number of carbonyl (C=O) groups is 1. The van der Waals surface area contributed by atoms with Crippen molar-refractivity contribution in [3.8, 4) is 11.5 Å². The number of allylic oxidation sites excluding steroid dienone is 1. The Labute approximate surface area is 156 Å². The summed E-state index contributed by atoms with van der Waals surface area (Å²) in [5.41, 5.74) is 4.27. The van der Waals surface area contributed by atoms with Gasteiger partial charge in [-0.05, 0) is 0 Å². The van der Waals surface area contributed by atoms with Gasteiger partial charge in [-0.15, -0.1) is 0 Å². The molecule has 2 aromatic carbocycles. The van der Waals surface area contributed by atoms with Crippen LogP contribution in [0.1, 0.15) is 42.3 Å². The van der Waals surface area contributed by atoms with Gasteiger partial charge in [-0.3, -0.25) is 0 Å². The van der Waals surface area contributed by atoms with Gasteiger partial charge in [0.2, 0.25) is 0 Å². The molecule has 0 aliphatic rings. The molecule has 25 heavy (non-hydrogen) atoms. The fourth-order valence-corrected chi connectivity index (χ4v) is 3.61. The molecule has 0 saturated heterocycles. The Morgan fingerprint density at radius 1 is 1.16 bits per heavy atom. The Hall–Kier alpha value is -1.99. The van der Waals surface area contributed by atoms with E-state index in [1.165, 1.54) is 4.35 Å². The molecule has 4 heteroatoms. The number of phenols is 1. The maximum absolute atomic E-state index is 12.4. The van der Waals surface area contributed by atoms with E-state index < -0.39 is 0 Å². The van der Waals surface area contributed by atoms with Gasteiger partial charge in [-0.2, -0.15) is 0 Å². The zero-order valence-electron chi connectivity index (χ0n) is 15.4. The third-order valence-corrected chi connectivity index (χ3v) is 5.94. The Kier molecular flexibility index (Phi) is 6.13. The summed E-state index contributed by atoms with van der Waals surface area (Å²) in [5.74, 6) is 0.697. The molecule has 1 unspecified atom stereocenters. The van der Waals surface area contributed by atoms with E-state index in [0.29, 0.717) is 11.3 Å². The van der Waals surface area contributed by atoms with Crippen LogP contribution < -0.4 is 9.09 Å². The first-order chi connectivity index (χ1) is 11.8. The molecule has 0 aliphatic heterocycles. The molecule has 2 rings (SSSR count). The molecule has 0 aromatic heterocycles. The summed E-state index contributed by atoms with van der Waals surface area (Å²) >= 11 is -0.0875. The molecule has 3 nitrogen and oxygen atoms in total. The van der Waals surface area contributed by atoms with Crippen molar-refractivity contribution in [2.24, 2.45) is 0 Å². The molecular formula is C21H25AsO3. The summed E-state index contributed by atoms with van der Waals surface area (Å²) in [5, 5.41) is 10.2. The molecule has 0 amide bonds. The van der Waals surface area contributed by atoms with Crippen molar-refractivity contribution in [3.63, 3.8) is 0 Å². The van der Waals surface area contributed by atoms with E-state index in [2.05, 4.69) is 5.71 Å². The Balaban J connectivity index is 2.34. The fourth-order valence-electron chi connectivity index (χ4n) is 2.56. The van der Waals surface area contributed by atoms with Crippen molar-refractivity contribution in [2.75, 3.05) is 7.11 Å². The minimum absolute atomic E-state index is 0.0462. The van der Waals surface area contributed by atoms with E-state index in [4.69, 9.17) is 4.74 Å². The monoisotopic (exact) mass is 400 g/mol. The molecule has 132 valence electrons. The predicted molar refractivity (Wildman–Crippen MR) is 106 cm³/mol. The number of ketones is 1. The van der Waals surface area contributed by atoms with E-state index >= 15 is 0 Å². The SMILES string of the molecule is COc1cc(O)c(C(C)(C)C)cc1C=CC(=O)c1ccc([AsH]C)cc1. The normalized spacial score (nSPS) is 12.2. The van der Waals surface area contributed by atoms with Crippen LogP contribution in [0.25, 0.3) is 6.08 Å². The van der Waals surface area contributed by atoms with E-state index in [1.54, 1.807) is 25.3 Å². The predicted octanol–water partition coefficient (Wildman–Crippen LogP) is 3.70. The maximum atomic E-state index is 12.4. The number of benzene rings is 2. The number of phenolic OH excluding ortho intramolecular Hbond substituents is 1. The van der Waals surface area contributed by atoms with E-state index in [9.17, 15) is 9.90 Å². The van der Waals surface area contributed by atoms with Crippen LogP contribution in [0.2, 0.25) is 5.71 Å². The summed E-state index contributed by atoms with van der Waals surface area (Å²) in [7, 11) is 1.55. The van der Waals surface area contributed by atoms with Crippen LogP contribution in [-0.2, 0) is 5.41 Å². The average molecular weight is 400 g/mol. The second kappa shape index (κ2) is 7.93. The zero-order valence-corrected chi connectivity index (χ0v) is 17.5. The van der Waals surface area contributed by atoms with Crippen LogP contribution in [0.4, 0.5) is 0 Å². The standard InChI is InChI=1S/C21H25AsO3/c1-21(2,3)17-12-15(20(25-5)13-19(17)24)8-11-18(23)14-6-9-16(22-4)10-7-14/h6-13,22,24H,1-5H3. The number of aromatic hydroxyl groups is 1. The van der Waals surface area contributed by atoms with Crippen molar-refractivity contribution >= 4 is 32.0 Å². The van der Waals surface area contributed by atoms with Gasteiger partial charge >= 0.3 is 156 Å². The number of carbonyl (C=O) groups excluding carboxylic acids is 1. The first kappa shape index (κ1) is 19.3. The molecule has 1 N–H and O–H groups in total. The number of ether oxygens (including phenoxy) is 1. The Morgan fingerprint density at radius 2 is 1.80 bits per heavy atom. The first-order valence-electron chi connectivity index (χ1n) is 8.18. The molecule has 0 radical (unpaired) electrons. The summed E-state index contributed by atoms with van der Waals surface area (Å²) in [6.07, 6.45) is 3.30. The quantitative estimate of drug-likeness (QED) is 0.473. The van der Waals surface area contributed by atoms with E-state index in [-0.39, 0.29) is 32.7 Å². The molecule has 2 aromatic rings. The van der Waals surface area contributed by atoms with Crippen LogP contribution in [0.5, 0.6) is 11.5 Å². The molecule has 0 heterocycles. The molecule has 0 aliphatic carbocycles. The van der Waals surface area contributed by atoms with Gasteiger partial charge in [0.05, 0.1) is 0 Å². The molecule has 0 spiro atoms. The molecule has 0 saturated carbocycles. The molecular weight excluding hydrogens is 375 g/mol. The second-order valence-corrected chi connectivity index (χ2v) is 9.15. The van der Waals surface area contributed by atoms with Gasteiger partial charge in [0.15, 0.2) is 0 Å². The summed E-state index contributed by atoms with van der Waals surface area (Å²) in [6, 6.07) is 11.3. The van der Waals surface area contributed by atoms with Crippen LogP contribution in [0, 0.1) is 0 Å². The number of methoxy groups -OCH3 is 1. The van der Waals surface area contributed by atoms with Gasteiger partial charge < -0.3 is 0 Å². The van der Waals surface area contributed by atoms with Crippen molar-refractivity contribution < 1.29 is 14.6 Å². The molecule has 0 fully saturated rings. The van der Waals surface area contributed by atoms with E-state index in [1.807, 2.05) is 51.1 Å². The van der Waals surface area contributed by atoms with Gasteiger partial charge in [0.25, 0.3) is 0 Å². The van der Waals surface area contributed by atoms with Crippen LogP contribution in [0.15, 0.2) is 42.5 Å². The van der Waals surface area contributed by atoms with Crippen molar-refractivity contribution in [2.45, 2.75) is 31.9 Å². The third-order valence-electron chi connectivity index (χ3n) is 4.03. The average Bonchev–Trinajstić information content (AvgIpc) is 2.59. The van der Waals surface area contributed by atoms with Crippen LogP contribution in [0.3, 0.4) is 0 Å². The van der Waals surface area contributed by atoms with Gasteiger partial charge in [-0.25, -0.2) is 0 Å². The summed E-state index contributed by atoms with van der Waals surface area (Å²) < 4.78 is 6.67. The topological polar surface area (TPSA) is 46.5 Å². The van der Waals surface area contributed by atoms with Crippen molar-refractivity contribution in [3.05, 3.63) is 59.2 Å². The van der Waals surface area contributed by atoms with Crippen molar-refractivity contribution in [1.29, 1.82) is 0 Å².